The summed E-state index contributed by atoms with van der Waals surface area (Å²) in [5.74, 6) is 1.53. The zero-order chi connectivity index (χ0) is 15.4. The van der Waals surface area contributed by atoms with Crippen molar-refractivity contribution in [1.29, 1.82) is 0 Å². The van der Waals surface area contributed by atoms with Crippen LogP contribution in [-0.2, 0) is 13.0 Å². The van der Waals surface area contributed by atoms with Crippen molar-refractivity contribution in [3.8, 4) is 0 Å². The summed E-state index contributed by atoms with van der Waals surface area (Å²) in [6.07, 6.45) is 1.17. The van der Waals surface area contributed by atoms with E-state index >= 15 is 0 Å². The molecule has 0 fully saturated rings. The Labute approximate surface area is 159 Å². The van der Waals surface area contributed by atoms with Crippen LogP contribution in [0.25, 0.3) is 0 Å². The number of nitrogens with zero attached hydrogens (tertiary/aromatic N) is 1. The highest BCUT2D eigenvalue weighted by molar-refractivity contribution is 14.0. The zero-order valence-corrected chi connectivity index (χ0v) is 16.8. The first-order valence-corrected chi connectivity index (χ1v) is 8.73. The van der Waals surface area contributed by atoms with E-state index in [0.717, 1.165) is 25.6 Å². The second-order valence-electron chi connectivity index (χ2n) is 5.69. The highest BCUT2D eigenvalue weighted by Gasteiger charge is 2.25. The monoisotopic (exact) mass is 441 g/mol. The number of halogens is 1. The van der Waals surface area contributed by atoms with E-state index in [4.69, 9.17) is 0 Å². The molecule has 1 aliphatic rings. The standard InChI is InChI=1S/C18H23N3S.HI/c1-3-19-18(21-12-16-9-8-13(2)22-16)20-11-15-10-14-6-4-5-7-17(14)15;/h4-9,15H,3,10-12H2,1-2H3,(H2,19,20,21);1H. The molecule has 124 valence electrons. The van der Waals surface area contributed by atoms with Gasteiger partial charge in [-0.3, -0.25) is 0 Å². The molecule has 1 aliphatic carbocycles. The summed E-state index contributed by atoms with van der Waals surface area (Å²) in [7, 11) is 0. The average molecular weight is 441 g/mol. The maximum atomic E-state index is 4.69. The van der Waals surface area contributed by atoms with E-state index in [1.165, 1.54) is 27.3 Å². The van der Waals surface area contributed by atoms with Gasteiger partial charge in [-0.1, -0.05) is 24.3 Å². The van der Waals surface area contributed by atoms with Gasteiger partial charge < -0.3 is 10.6 Å². The molecule has 2 N–H and O–H groups in total. The van der Waals surface area contributed by atoms with Crippen LogP contribution in [-0.4, -0.2) is 19.0 Å². The van der Waals surface area contributed by atoms with Crippen molar-refractivity contribution in [1.82, 2.24) is 10.6 Å². The Balaban J connectivity index is 0.00000192. The van der Waals surface area contributed by atoms with E-state index < -0.39 is 0 Å². The zero-order valence-electron chi connectivity index (χ0n) is 13.6. The first-order chi connectivity index (χ1) is 10.8. The second-order valence-corrected chi connectivity index (χ2v) is 7.06. The smallest absolute Gasteiger partial charge is 0.191 e. The van der Waals surface area contributed by atoms with E-state index in [2.05, 4.69) is 65.9 Å². The van der Waals surface area contributed by atoms with Crippen molar-refractivity contribution in [2.45, 2.75) is 32.7 Å². The first-order valence-electron chi connectivity index (χ1n) is 7.91. The van der Waals surface area contributed by atoms with Crippen LogP contribution in [0.5, 0.6) is 0 Å². The molecule has 0 amide bonds. The second kappa shape index (κ2) is 8.68. The maximum absolute atomic E-state index is 4.69. The van der Waals surface area contributed by atoms with Crippen molar-refractivity contribution < 1.29 is 0 Å². The Morgan fingerprint density at radius 3 is 2.74 bits per heavy atom. The van der Waals surface area contributed by atoms with Gasteiger partial charge in [0.1, 0.15) is 0 Å². The van der Waals surface area contributed by atoms with Gasteiger partial charge in [-0.2, -0.15) is 0 Å². The Kier molecular flexibility index (Phi) is 6.89. The number of hydrogen-bond donors (Lipinski definition) is 2. The predicted octanol–water partition coefficient (Wildman–Crippen LogP) is 4.07. The Morgan fingerprint density at radius 1 is 1.22 bits per heavy atom. The minimum absolute atomic E-state index is 0. The maximum Gasteiger partial charge on any atom is 0.191 e. The van der Waals surface area contributed by atoms with E-state index in [0.29, 0.717) is 5.92 Å². The average Bonchev–Trinajstić information content (AvgIpc) is 2.91. The summed E-state index contributed by atoms with van der Waals surface area (Å²) in [5.41, 5.74) is 2.98. The van der Waals surface area contributed by atoms with Crippen molar-refractivity contribution in [3.63, 3.8) is 0 Å². The lowest BCUT2D eigenvalue weighted by Crippen LogP contribution is -2.41. The molecular formula is C18H24IN3S. The van der Waals surface area contributed by atoms with E-state index in [1.807, 2.05) is 11.3 Å². The van der Waals surface area contributed by atoms with Crippen LogP contribution in [0.3, 0.4) is 0 Å². The van der Waals surface area contributed by atoms with Crippen LogP contribution in [0.2, 0.25) is 0 Å². The van der Waals surface area contributed by atoms with Crippen molar-refractivity contribution >= 4 is 41.3 Å². The molecule has 1 aromatic heterocycles. The lowest BCUT2D eigenvalue weighted by Gasteiger charge is -2.30. The van der Waals surface area contributed by atoms with Crippen LogP contribution in [0.1, 0.15) is 33.7 Å². The van der Waals surface area contributed by atoms with E-state index in [9.17, 15) is 0 Å². The molecule has 23 heavy (non-hydrogen) atoms. The topological polar surface area (TPSA) is 36.4 Å². The molecule has 1 heterocycles. The number of guanidine groups is 1. The van der Waals surface area contributed by atoms with E-state index in [-0.39, 0.29) is 24.0 Å². The number of nitrogens with one attached hydrogen (secondary N) is 2. The summed E-state index contributed by atoms with van der Waals surface area (Å²) < 4.78 is 0. The molecule has 3 rings (SSSR count). The highest BCUT2D eigenvalue weighted by atomic mass is 127. The normalized spacial score (nSPS) is 16.1. The molecule has 0 radical (unpaired) electrons. The number of benzene rings is 1. The Morgan fingerprint density at radius 2 is 2.04 bits per heavy atom. The third-order valence-electron chi connectivity index (χ3n) is 4.01. The molecular weight excluding hydrogens is 417 g/mol. The summed E-state index contributed by atoms with van der Waals surface area (Å²) >= 11 is 1.82. The summed E-state index contributed by atoms with van der Waals surface area (Å²) in [4.78, 5) is 7.34. The number of aliphatic imine (C=N–C) groups is 1. The summed E-state index contributed by atoms with van der Waals surface area (Å²) in [6, 6.07) is 13.0. The number of aryl methyl sites for hydroxylation is 1. The summed E-state index contributed by atoms with van der Waals surface area (Å²) in [6.45, 7) is 6.82. The molecule has 5 heteroatoms. The van der Waals surface area contributed by atoms with Crippen LogP contribution in [0, 0.1) is 6.92 Å². The van der Waals surface area contributed by atoms with Crippen molar-refractivity contribution in [2.75, 3.05) is 13.1 Å². The molecule has 3 nitrogen and oxygen atoms in total. The lowest BCUT2D eigenvalue weighted by atomic mass is 9.78. The van der Waals surface area contributed by atoms with Gasteiger partial charge in [-0.25, -0.2) is 4.99 Å². The molecule has 0 saturated carbocycles. The number of fused-ring (bicyclic) bond motifs is 1. The molecule has 1 aromatic carbocycles. The van der Waals surface area contributed by atoms with Gasteiger partial charge in [0.2, 0.25) is 0 Å². The fourth-order valence-electron chi connectivity index (χ4n) is 2.83. The van der Waals surface area contributed by atoms with Gasteiger partial charge in [0.25, 0.3) is 0 Å². The van der Waals surface area contributed by atoms with Crippen LogP contribution >= 0.6 is 35.3 Å². The number of thiophene rings is 1. The van der Waals surface area contributed by atoms with Gasteiger partial charge in [0.05, 0.1) is 6.54 Å². The first kappa shape index (κ1) is 18.3. The Hall–Kier alpha value is -1.08. The molecule has 2 aromatic rings. The van der Waals surface area contributed by atoms with Gasteiger partial charge in [0.15, 0.2) is 5.96 Å². The third kappa shape index (κ3) is 4.70. The highest BCUT2D eigenvalue weighted by Crippen LogP contribution is 2.33. The predicted molar refractivity (Wildman–Crippen MR) is 110 cm³/mol. The minimum atomic E-state index is 0. The fraction of sp³-hybridized carbons (Fsp3) is 0.389. The molecule has 1 unspecified atom stereocenters. The van der Waals surface area contributed by atoms with Gasteiger partial charge >= 0.3 is 0 Å². The van der Waals surface area contributed by atoms with E-state index in [1.54, 1.807) is 0 Å². The third-order valence-corrected chi connectivity index (χ3v) is 5.00. The van der Waals surface area contributed by atoms with Gasteiger partial charge in [-0.05, 0) is 43.5 Å². The molecule has 1 atom stereocenters. The SMILES string of the molecule is CCNC(=NCc1ccc(C)s1)NCC1Cc2ccccc21.I. The quantitative estimate of drug-likeness (QED) is 0.417. The van der Waals surface area contributed by atoms with Crippen molar-refractivity contribution in [2.24, 2.45) is 4.99 Å². The molecule has 0 bridgehead atoms. The number of hydrogen-bond acceptors (Lipinski definition) is 2. The van der Waals surface area contributed by atoms with Crippen LogP contribution in [0.15, 0.2) is 41.4 Å². The largest absolute Gasteiger partial charge is 0.357 e. The van der Waals surface area contributed by atoms with Gasteiger partial charge in [-0.15, -0.1) is 35.3 Å². The lowest BCUT2D eigenvalue weighted by molar-refractivity contribution is 0.584. The fourth-order valence-corrected chi connectivity index (χ4v) is 3.65. The van der Waals surface area contributed by atoms with Gasteiger partial charge in [0, 0.05) is 28.8 Å². The van der Waals surface area contributed by atoms with Crippen molar-refractivity contribution in [3.05, 3.63) is 57.3 Å². The molecule has 0 spiro atoms. The molecule has 0 saturated heterocycles. The molecule has 0 aliphatic heterocycles. The number of rotatable bonds is 5. The Bertz CT molecular complexity index is 666. The summed E-state index contributed by atoms with van der Waals surface area (Å²) in [5, 5.41) is 6.81. The minimum Gasteiger partial charge on any atom is -0.357 e. The van der Waals surface area contributed by atoms with Crippen LogP contribution in [0.4, 0.5) is 0 Å². The van der Waals surface area contributed by atoms with Crippen LogP contribution < -0.4 is 10.6 Å².